The first kappa shape index (κ1) is 23.3. The Morgan fingerprint density at radius 3 is 2.44 bits per heavy atom. The van der Waals surface area contributed by atoms with Crippen LogP contribution in [0.2, 0.25) is 0 Å². The van der Waals surface area contributed by atoms with Crippen molar-refractivity contribution in [2.75, 3.05) is 12.0 Å². The van der Waals surface area contributed by atoms with Crippen LogP contribution in [0.4, 0.5) is 9.52 Å². The number of hydrogen-bond donors (Lipinski definition) is 1. The minimum absolute atomic E-state index is 0.0920. The lowest BCUT2D eigenvalue weighted by molar-refractivity contribution is -0.132. The zero-order chi connectivity index (χ0) is 24.7. The van der Waals surface area contributed by atoms with Crippen molar-refractivity contribution < 1.29 is 28.6 Å². The number of aliphatic hydroxyl groups excluding tert-OH is 1. The van der Waals surface area contributed by atoms with Crippen LogP contribution < -0.4 is 4.90 Å². The largest absolute Gasteiger partial charge is 0.507 e. The number of nitrogens with zero attached hydrogens (tertiary/aromatic N) is 2. The number of carbonyl (C=O) groups is 3. The summed E-state index contributed by atoms with van der Waals surface area (Å²) in [5.74, 6) is -3.26. The maximum atomic E-state index is 13.7. The summed E-state index contributed by atoms with van der Waals surface area (Å²) in [5, 5.41) is 11.4. The average molecular weight is 481 g/mol. The van der Waals surface area contributed by atoms with Crippen molar-refractivity contribution in [1.82, 2.24) is 4.98 Å². The summed E-state index contributed by atoms with van der Waals surface area (Å²) in [4.78, 5) is 44.2. The number of ketones is 1. The standard InChI is InChI=1S/C25H21FN2O5S/c1-12-5-6-13(2)17(11-12)20(29)18-19(15-7-9-16(26)10-8-15)28(23(31)21(18)30)25-27-14(3)22(34-25)24(32)33-4/h5-11,19,29H,1-4H3. The molecule has 1 aliphatic heterocycles. The van der Waals surface area contributed by atoms with E-state index in [9.17, 15) is 23.9 Å². The molecule has 0 radical (unpaired) electrons. The van der Waals surface area contributed by atoms with E-state index < -0.39 is 29.5 Å². The quantitative estimate of drug-likeness (QED) is 0.253. The van der Waals surface area contributed by atoms with Crippen LogP contribution in [0.5, 0.6) is 0 Å². The molecular formula is C25H21FN2O5S. The maximum Gasteiger partial charge on any atom is 0.350 e. The Kier molecular flexibility index (Phi) is 6.05. The Labute approximate surface area is 199 Å². The number of hydrogen-bond acceptors (Lipinski definition) is 7. The number of esters is 1. The highest BCUT2D eigenvalue weighted by molar-refractivity contribution is 7.17. The summed E-state index contributed by atoms with van der Waals surface area (Å²) in [7, 11) is 1.23. The molecule has 1 saturated heterocycles. The molecule has 1 fully saturated rings. The van der Waals surface area contributed by atoms with Gasteiger partial charge in [0.2, 0.25) is 0 Å². The van der Waals surface area contributed by atoms with Crippen molar-refractivity contribution in [1.29, 1.82) is 0 Å². The fourth-order valence-electron chi connectivity index (χ4n) is 3.89. The van der Waals surface area contributed by atoms with Gasteiger partial charge in [-0.05, 0) is 50.1 Å². The molecule has 2 heterocycles. The van der Waals surface area contributed by atoms with E-state index in [4.69, 9.17) is 4.74 Å². The van der Waals surface area contributed by atoms with E-state index in [1.165, 1.54) is 31.4 Å². The topological polar surface area (TPSA) is 96.8 Å². The number of halogens is 1. The maximum absolute atomic E-state index is 13.7. The Hall–Kier alpha value is -3.85. The van der Waals surface area contributed by atoms with Crippen molar-refractivity contribution in [2.45, 2.75) is 26.8 Å². The van der Waals surface area contributed by atoms with Gasteiger partial charge in [-0.25, -0.2) is 14.2 Å². The summed E-state index contributed by atoms with van der Waals surface area (Å²) >= 11 is 0.901. The van der Waals surface area contributed by atoms with Crippen molar-refractivity contribution >= 4 is 39.9 Å². The average Bonchev–Trinajstić information content (AvgIpc) is 3.32. The van der Waals surface area contributed by atoms with Gasteiger partial charge in [-0.3, -0.25) is 14.5 Å². The van der Waals surface area contributed by atoms with Crippen molar-refractivity contribution in [3.8, 4) is 0 Å². The minimum atomic E-state index is -1.07. The normalized spacial score (nSPS) is 17.3. The number of benzene rings is 2. The van der Waals surface area contributed by atoms with Crippen LogP contribution in [0.3, 0.4) is 0 Å². The number of carbonyl (C=O) groups excluding carboxylic acids is 3. The summed E-state index contributed by atoms with van der Waals surface area (Å²) in [6.07, 6.45) is 0. The van der Waals surface area contributed by atoms with Gasteiger partial charge in [-0.15, -0.1) is 0 Å². The lowest BCUT2D eigenvalue weighted by Gasteiger charge is -2.23. The number of aromatic nitrogens is 1. The number of amides is 1. The third-order valence-corrected chi connectivity index (χ3v) is 6.78. The van der Waals surface area contributed by atoms with Crippen molar-refractivity contribution in [3.63, 3.8) is 0 Å². The van der Waals surface area contributed by atoms with E-state index in [-0.39, 0.29) is 21.3 Å². The van der Waals surface area contributed by atoms with E-state index >= 15 is 0 Å². The molecule has 1 unspecified atom stereocenters. The van der Waals surface area contributed by atoms with Gasteiger partial charge < -0.3 is 9.84 Å². The summed E-state index contributed by atoms with van der Waals surface area (Å²) in [6.45, 7) is 5.22. The number of rotatable bonds is 4. The van der Waals surface area contributed by atoms with Gasteiger partial charge in [-0.1, -0.05) is 41.2 Å². The highest BCUT2D eigenvalue weighted by Crippen LogP contribution is 2.44. The van der Waals surface area contributed by atoms with E-state index in [2.05, 4.69) is 4.98 Å². The first-order valence-electron chi connectivity index (χ1n) is 10.3. The third-order valence-electron chi connectivity index (χ3n) is 5.64. The van der Waals surface area contributed by atoms with Crippen LogP contribution in [0, 0.1) is 26.6 Å². The molecule has 1 aromatic heterocycles. The number of aryl methyl sites for hydroxylation is 3. The number of ether oxygens (including phenoxy) is 1. The van der Waals surface area contributed by atoms with Gasteiger partial charge in [0.05, 0.1) is 24.4 Å². The van der Waals surface area contributed by atoms with Crippen LogP contribution >= 0.6 is 11.3 Å². The number of thiazole rings is 1. The molecule has 7 nitrogen and oxygen atoms in total. The SMILES string of the molecule is COC(=O)c1sc(N2C(=O)C(=O)C(=C(O)c3cc(C)ccc3C)C2c2ccc(F)cc2)nc1C. The van der Waals surface area contributed by atoms with E-state index in [1.54, 1.807) is 26.0 Å². The van der Waals surface area contributed by atoms with Crippen LogP contribution in [-0.2, 0) is 14.3 Å². The predicted octanol–water partition coefficient (Wildman–Crippen LogP) is 4.62. The molecular weight excluding hydrogens is 459 g/mol. The van der Waals surface area contributed by atoms with Gasteiger partial charge in [0.15, 0.2) is 5.13 Å². The lowest BCUT2D eigenvalue weighted by atomic mass is 9.93. The van der Waals surface area contributed by atoms with Gasteiger partial charge in [0.1, 0.15) is 16.5 Å². The van der Waals surface area contributed by atoms with Crippen LogP contribution in [-0.4, -0.2) is 34.9 Å². The summed E-state index contributed by atoms with van der Waals surface area (Å²) in [6, 6.07) is 9.63. The minimum Gasteiger partial charge on any atom is -0.507 e. The Morgan fingerprint density at radius 2 is 1.79 bits per heavy atom. The lowest BCUT2D eigenvalue weighted by Crippen LogP contribution is -2.29. The highest BCUT2D eigenvalue weighted by Gasteiger charge is 2.48. The van der Waals surface area contributed by atoms with Gasteiger partial charge in [0, 0.05) is 5.56 Å². The first-order chi connectivity index (χ1) is 16.1. The van der Waals surface area contributed by atoms with E-state index in [0.717, 1.165) is 21.8 Å². The molecule has 2 aromatic carbocycles. The second kappa shape index (κ2) is 8.83. The molecule has 4 rings (SSSR count). The second-order valence-electron chi connectivity index (χ2n) is 7.94. The van der Waals surface area contributed by atoms with Crippen molar-refractivity contribution in [3.05, 3.63) is 86.7 Å². The number of aliphatic hydroxyl groups is 1. The summed E-state index contributed by atoms with van der Waals surface area (Å²) in [5.41, 5.74) is 2.58. The fraction of sp³-hybridized carbons (Fsp3) is 0.200. The molecule has 0 saturated carbocycles. The number of anilines is 1. The molecule has 0 bridgehead atoms. The molecule has 0 spiro atoms. The molecule has 34 heavy (non-hydrogen) atoms. The highest BCUT2D eigenvalue weighted by atomic mass is 32.1. The third kappa shape index (κ3) is 3.88. The van der Waals surface area contributed by atoms with Crippen LogP contribution in [0.25, 0.3) is 5.76 Å². The molecule has 1 amide bonds. The molecule has 0 aliphatic carbocycles. The molecule has 1 aliphatic rings. The van der Waals surface area contributed by atoms with E-state index in [1.807, 2.05) is 13.0 Å². The fourth-order valence-corrected chi connectivity index (χ4v) is 4.91. The molecule has 9 heteroatoms. The van der Waals surface area contributed by atoms with Crippen LogP contribution in [0.15, 0.2) is 48.0 Å². The molecule has 174 valence electrons. The smallest absolute Gasteiger partial charge is 0.350 e. The second-order valence-corrected chi connectivity index (χ2v) is 8.92. The van der Waals surface area contributed by atoms with Gasteiger partial charge >= 0.3 is 11.9 Å². The molecule has 3 aromatic rings. The Morgan fingerprint density at radius 1 is 1.12 bits per heavy atom. The first-order valence-corrected chi connectivity index (χ1v) is 11.2. The monoisotopic (exact) mass is 480 g/mol. The Balaban J connectivity index is 1.97. The van der Waals surface area contributed by atoms with E-state index in [0.29, 0.717) is 22.4 Å². The number of methoxy groups -OCH3 is 1. The predicted molar refractivity (Wildman–Crippen MR) is 125 cm³/mol. The van der Waals surface area contributed by atoms with Gasteiger partial charge in [-0.2, -0.15) is 0 Å². The zero-order valence-corrected chi connectivity index (χ0v) is 19.7. The van der Waals surface area contributed by atoms with Crippen molar-refractivity contribution in [2.24, 2.45) is 0 Å². The summed E-state index contributed by atoms with van der Waals surface area (Å²) < 4.78 is 18.5. The Bertz CT molecular complexity index is 1360. The zero-order valence-electron chi connectivity index (χ0n) is 18.9. The molecule has 1 atom stereocenters. The van der Waals surface area contributed by atoms with Crippen LogP contribution in [0.1, 0.15) is 43.7 Å². The van der Waals surface area contributed by atoms with Gasteiger partial charge in [0.25, 0.3) is 5.78 Å². The number of Topliss-reactive ketones (excluding diaryl/α,β-unsaturated/α-hetero) is 1. The molecule has 1 N–H and O–H groups in total.